The lowest BCUT2D eigenvalue weighted by atomic mass is 9.95. The molecule has 3 aromatic rings. The number of carbonyl (C=O) groups excluding carboxylic acids is 3. The van der Waals surface area contributed by atoms with Gasteiger partial charge in [-0.2, -0.15) is 0 Å². The van der Waals surface area contributed by atoms with E-state index in [2.05, 4.69) is 20.9 Å². The number of aromatic nitrogens is 1. The van der Waals surface area contributed by atoms with Crippen molar-refractivity contribution < 1.29 is 28.2 Å². The largest absolute Gasteiger partial charge is 0.496 e. The lowest BCUT2D eigenvalue weighted by Crippen LogP contribution is -2.40. The van der Waals surface area contributed by atoms with Gasteiger partial charge in [0.15, 0.2) is 0 Å². The van der Waals surface area contributed by atoms with Crippen molar-refractivity contribution in [3.63, 3.8) is 0 Å². The summed E-state index contributed by atoms with van der Waals surface area (Å²) in [5.41, 5.74) is 0.0783. The van der Waals surface area contributed by atoms with E-state index in [1.807, 2.05) is 19.1 Å². The summed E-state index contributed by atoms with van der Waals surface area (Å²) in [7, 11) is 3.04. The molecule has 1 unspecified atom stereocenters. The van der Waals surface area contributed by atoms with Gasteiger partial charge in [-0.25, -0.2) is 4.39 Å². The third-order valence-corrected chi connectivity index (χ3v) is 7.16. The predicted molar refractivity (Wildman–Crippen MR) is 147 cm³/mol. The van der Waals surface area contributed by atoms with Crippen molar-refractivity contribution in [2.24, 2.45) is 5.41 Å². The molecule has 40 heavy (non-hydrogen) atoms. The number of ether oxygens (including phenoxy) is 2. The molecule has 1 saturated carbocycles. The number of nitrogens with zero attached hydrogens (tertiary/aromatic N) is 1. The topological polar surface area (TPSA) is 119 Å². The number of methoxy groups -OCH3 is 1. The fourth-order valence-electron chi connectivity index (χ4n) is 4.57. The highest BCUT2D eigenvalue weighted by atomic mass is 19.1. The highest BCUT2D eigenvalue weighted by molar-refractivity contribution is 6.13. The summed E-state index contributed by atoms with van der Waals surface area (Å²) >= 11 is 0. The van der Waals surface area contributed by atoms with E-state index < -0.39 is 22.7 Å². The molecule has 0 radical (unpaired) electrons. The molecule has 5 rings (SSSR count). The maximum Gasteiger partial charge on any atom is 0.254 e. The van der Waals surface area contributed by atoms with Crippen molar-refractivity contribution in [2.75, 3.05) is 19.5 Å². The standard InChI is InChI=1S/C30H29FN4O5/c1-29(40-24-10-15-33-23-17-25(39-3)22(16-21(23)24)26(36)32-2)11-8-20(9-12-29)35-28(38)30(13-14-30)27(37)34-19-6-4-18(31)5-7-19/h4-11,15-17H,12-14H2,1-3H3,(H,32,36)(H,34,37)(H,35,38). The van der Waals surface area contributed by atoms with Gasteiger partial charge in [0.2, 0.25) is 11.8 Å². The molecule has 0 bridgehead atoms. The second kappa shape index (κ2) is 10.4. The van der Waals surface area contributed by atoms with Crippen LogP contribution >= 0.6 is 0 Å². The zero-order chi connectivity index (χ0) is 28.5. The van der Waals surface area contributed by atoms with E-state index in [-0.39, 0.29) is 11.8 Å². The summed E-state index contributed by atoms with van der Waals surface area (Å²) in [6, 6.07) is 10.5. The molecule has 0 spiro atoms. The molecule has 0 aliphatic heterocycles. The Morgan fingerprint density at radius 1 is 1.00 bits per heavy atom. The van der Waals surface area contributed by atoms with E-state index >= 15 is 0 Å². The Morgan fingerprint density at radius 3 is 2.35 bits per heavy atom. The Morgan fingerprint density at radius 2 is 1.73 bits per heavy atom. The Labute approximate surface area is 230 Å². The van der Waals surface area contributed by atoms with Gasteiger partial charge in [0, 0.05) is 42.5 Å². The first kappa shape index (κ1) is 26.9. The molecule has 3 amide bonds. The van der Waals surface area contributed by atoms with Crippen molar-refractivity contribution in [1.82, 2.24) is 15.6 Å². The Kier molecular flexibility index (Phi) is 7.01. The van der Waals surface area contributed by atoms with Crippen LogP contribution in [0.1, 0.15) is 36.5 Å². The van der Waals surface area contributed by atoms with Gasteiger partial charge in [-0.1, -0.05) is 6.08 Å². The first-order valence-corrected chi connectivity index (χ1v) is 12.8. The fourth-order valence-corrected chi connectivity index (χ4v) is 4.57. The van der Waals surface area contributed by atoms with Crippen LogP contribution in [0.25, 0.3) is 10.9 Å². The minimum absolute atomic E-state index is 0.291. The Balaban J connectivity index is 1.27. The minimum atomic E-state index is -1.15. The Hall–Kier alpha value is -4.73. The number of anilines is 1. The zero-order valence-electron chi connectivity index (χ0n) is 22.3. The summed E-state index contributed by atoms with van der Waals surface area (Å²) in [5, 5.41) is 8.83. The average Bonchev–Trinajstić information content (AvgIpc) is 3.77. The number of allylic oxidation sites excluding steroid dienone is 1. The van der Waals surface area contributed by atoms with Crippen LogP contribution in [0, 0.1) is 11.2 Å². The molecular formula is C30H29FN4O5. The monoisotopic (exact) mass is 544 g/mol. The number of carbonyl (C=O) groups is 3. The fraction of sp³-hybridized carbons (Fsp3) is 0.267. The summed E-state index contributed by atoms with van der Waals surface area (Å²) in [5.74, 6) is -0.551. The quantitative estimate of drug-likeness (QED) is 0.365. The van der Waals surface area contributed by atoms with Gasteiger partial charge in [-0.3, -0.25) is 19.4 Å². The smallest absolute Gasteiger partial charge is 0.254 e. The van der Waals surface area contributed by atoms with Crippen LogP contribution in [0.2, 0.25) is 0 Å². The van der Waals surface area contributed by atoms with Gasteiger partial charge in [-0.05, 0) is 68.3 Å². The second-order valence-electron chi connectivity index (χ2n) is 10.1. The summed E-state index contributed by atoms with van der Waals surface area (Å²) in [4.78, 5) is 42.7. The van der Waals surface area contributed by atoms with Crippen molar-refractivity contribution in [2.45, 2.75) is 31.8 Å². The third-order valence-electron chi connectivity index (χ3n) is 7.16. The number of hydrogen-bond acceptors (Lipinski definition) is 6. The van der Waals surface area contributed by atoms with Crippen LogP contribution in [0.5, 0.6) is 11.5 Å². The third kappa shape index (κ3) is 5.25. The summed E-state index contributed by atoms with van der Waals surface area (Å²) in [6.07, 6.45) is 8.36. The van der Waals surface area contributed by atoms with Crippen LogP contribution in [0.15, 0.2) is 72.6 Å². The van der Waals surface area contributed by atoms with Crippen molar-refractivity contribution >= 4 is 34.3 Å². The molecular weight excluding hydrogens is 515 g/mol. The molecule has 2 aromatic carbocycles. The molecule has 1 heterocycles. The number of halogens is 1. The Bertz CT molecular complexity index is 1560. The normalized spacial score (nSPS) is 18.9. The minimum Gasteiger partial charge on any atom is -0.496 e. The van der Waals surface area contributed by atoms with Crippen LogP contribution in [-0.2, 0) is 9.59 Å². The van der Waals surface area contributed by atoms with E-state index in [9.17, 15) is 18.8 Å². The van der Waals surface area contributed by atoms with Crippen LogP contribution in [0.4, 0.5) is 10.1 Å². The van der Waals surface area contributed by atoms with Gasteiger partial charge in [0.1, 0.15) is 28.3 Å². The highest BCUT2D eigenvalue weighted by Crippen LogP contribution is 2.47. The van der Waals surface area contributed by atoms with Crippen LogP contribution in [-0.4, -0.2) is 42.5 Å². The summed E-state index contributed by atoms with van der Waals surface area (Å²) in [6.45, 7) is 1.91. The van der Waals surface area contributed by atoms with E-state index in [0.717, 1.165) is 0 Å². The lowest BCUT2D eigenvalue weighted by molar-refractivity contribution is -0.133. The molecule has 1 atom stereocenters. The van der Waals surface area contributed by atoms with Crippen molar-refractivity contribution in [3.05, 3.63) is 84.0 Å². The predicted octanol–water partition coefficient (Wildman–Crippen LogP) is 4.26. The maximum atomic E-state index is 13.2. The van der Waals surface area contributed by atoms with Gasteiger partial charge in [0.05, 0.1) is 18.2 Å². The van der Waals surface area contributed by atoms with Crippen LogP contribution in [0.3, 0.4) is 0 Å². The molecule has 1 aromatic heterocycles. The number of benzene rings is 2. The van der Waals surface area contributed by atoms with Crippen molar-refractivity contribution in [1.29, 1.82) is 0 Å². The maximum absolute atomic E-state index is 13.2. The van der Waals surface area contributed by atoms with Crippen molar-refractivity contribution in [3.8, 4) is 11.5 Å². The average molecular weight is 545 g/mol. The molecule has 2 aliphatic carbocycles. The first-order valence-electron chi connectivity index (χ1n) is 12.8. The molecule has 0 saturated heterocycles. The summed E-state index contributed by atoms with van der Waals surface area (Å²) < 4.78 is 24.9. The number of fused-ring (bicyclic) bond motifs is 1. The molecule has 1 fully saturated rings. The van der Waals surface area contributed by atoms with E-state index in [1.54, 1.807) is 37.5 Å². The molecule has 2 aliphatic rings. The van der Waals surface area contributed by atoms with E-state index in [1.165, 1.54) is 31.4 Å². The van der Waals surface area contributed by atoms with Gasteiger partial charge < -0.3 is 25.4 Å². The van der Waals surface area contributed by atoms with E-state index in [4.69, 9.17) is 9.47 Å². The number of pyridine rings is 1. The van der Waals surface area contributed by atoms with E-state index in [0.29, 0.717) is 58.6 Å². The first-order chi connectivity index (χ1) is 19.2. The number of rotatable bonds is 8. The van der Waals surface area contributed by atoms with Gasteiger partial charge in [0.25, 0.3) is 5.91 Å². The van der Waals surface area contributed by atoms with Crippen LogP contribution < -0.4 is 25.4 Å². The number of amides is 3. The molecule has 10 heteroatoms. The second-order valence-corrected chi connectivity index (χ2v) is 10.1. The number of hydrogen-bond donors (Lipinski definition) is 3. The lowest BCUT2D eigenvalue weighted by Gasteiger charge is -2.30. The number of nitrogens with one attached hydrogen (secondary N) is 3. The molecule has 3 N–H and O–H groups in total. The van der Waals surface area contributed by atoms with Gasteiger partial charge in [-0.15, -0.1) is 0 Å². The highest BCUT2D eigenvalue weighted by Gasteiger charge is 2.56. The molecule has 206 valence electrons. The SMILES string of the molecule is CNC(=O)c1cc2c(OC3(C)C=CC(NC(=O)C4(C(=O)Nc5ccc(F)cc5)CC4)=CC3)ccnc2cc1OC. The zero-order valence-corrected chi connectivity index (χ0v) is 22.3. The molecule has 9 nitrogen and oxygen atoms in total. The van der Waals surface area contributed by atoms with Gasteiger partial charge >= 0.3 is 0 Å².